The highest BCUT2D eigenvalue weighted by Crippen LogP contribution is 2.14. The number of carbonyl (C=O) groups excluding carboxylic acids is 2. The van der Waals surface area contributed by atoms with E-state index < -0.39 is 17.8 Å². The van der Waals surface area contributed by atoms with Crippen LogP contribution in [0.3, 0.4) is 0 Å². The van der Waals surface area contributed by atoms with Crippen LogP contribution in [0, 0.1) is 11.7 Å². The molecule has 2 rings (SSSR count). The number of amides is 2. The van der Waals surface area contributed by atoms with Crippen LogP contribution < -0.4 is 15.4 Å². The van der Waals surface area contributed by atoms with Crippen LogP contribution >= 0.6 is 0 Å². The number of benzene rings is 2. The van der Waals surface area contributed by atoms with Gasteiger partial charge in [-0.15, -0.1) is 0 Å². The van der Waals surface area contributed by atoms with Crippen LogP contribution in [0.25, 0.3) is 0 Å². The fraction of sp³-hybridized carbons (Fsp3) is 0.300. The molecule has 0 unspecified atom stereocenters. The van der Waals surface area contributed by atoms with Crippen LogP contribution in [0.1, 0.15) is 31.1 Å². The molecule has 5 nitrogen and oxygen atoms in total. The van der Waals surface area contributed by atoms with Crippen molar-refractivity contribution in [1.82, 2.24) is 5.32 Å². The lowest BCUT2D eigenvalue weighted by Crippen LogP contribution is -2.47. The third-order valence-corrected chi connectivity index (χ3v) is 3.76. The molecule has 0 fully saturated rings. The summed E-state index contributed by atoms with van der Waals surface area (Å²) in [5.74, 6) is -0.670. The third-order valence-electron chi connectivity index (χ3n) is 3.76. The van der Waals surface area contributed by atoms with Crippen LogP contribution in [-0.4, -0.2) is 24.5 Å². The highest BCUT2D eigenvalue weighted by molar-refractivity contribution is 6.01. The van der Waals surface area contributed by atoms with Gasteiger partial charge in [0, 0.05) is 11.3 Å². The number of rotatable bonds is 7. The second-order valence-corrected chi connectivity index (χ2v) is 6.15. The Labute approximate surface area is 152 Å². The SMILES string of the molecule is CCOc1ccc(C(=O)N[C@H](C(=O)Nc2cccc(F)c2)C(C)C)cc1. The summed E-state index contributed by atoms with van der Waals surface area (Å²) in [6.45, 7) is 6.08. The molecule has 2 amide bonds. The van der Waals surface area contributed by atoms with Gasteiger partial charge in [-0.05, 0) is 55.3 Å². The van der Waals surface area contributed by atoms with E-state index in [4.69, 9.17) is 4.74 Å². The van der Waals surface area contributed by atoms with Crippen molar-refractivity contribution >= 4 is 17.5 Å². The minimum atomic E-state index is -0.752. The lowest BCUT2D eigenvalue weighted by Gasteiger charge is -2.22. The van der Waals surface area contributed by atoms with Crippen LogP contribution in [-0.2, 0) is 4.79 Å². The molecule has 2 aromatic carbocycles. The molecule has 26 heavy (non-hydrogen) atoms. The molecule has 0 saturated heterocycles. The predicted molar refractivity (Wildman–Crippen MR) is 98.7 cm³/mol. The average Bonchev–Trinajstić information content (AvgIpc) is 2.60. The van der Waals surface area contributed by atoms with Crippen molar-refractivity contribution in [2.45, 2.75) is 26.8 Å². The Morgan fingerprint density at radius 2 is 1.81 bits per heavy atom. The number of anilines is 1. The largest absolute Gasteiger partial charge is 0.494 e. The van der Waals surface area contributed by atoms with Crippen molar-refractivity contribution in [2.24, 2.45) is 5.92 Å². The normalized spacial score (nSPS) is 11.7. The molecule has 0 bridgehead atoms. The van der Waals surface area contributed by atoms with Gasteiger partial charge in [-0.25, -0.2) is 4.39 Å². The Kier molecular flexibility index (Phi) is 6.72. The molecule has 138 valence electrons. The standard InChI is InChI=1S/C20H23FN2O3/c1-4-26-17-10-8-14(9-11-17)19(24)23-18(13(2)3)20(25)22-16-7-5-6-15(21)12-16/h5-13,18H,4H2,1-3H3,(H,22,25)(H,23,24)/t18-/m0/s1. The molecular weight excluding hydrogens is 335 g/mol. The topological polar surface area (TPSA) is 67.4 Å². The number of nitrogens with one attached hydrogen (secondary N) is 2. The second-order valence-electron chi connectivity index (χ2n) is 6.15. The van der Waals surface area contributed by atoms with E-state index in [0.29, 0.717) is 23.6 Å². The van der Waals surface area contributed by atoms with Gasteiger partial charge in [0.2, 0.25) is 5.91 Å². The molecule has 0 radical (unpaired) electrons. The number of hydrogen-bond donors (Lipinski definition) is 2. The summed E-state index contributed by atoms with van der Waals surface area (Å²) >= 11 is 0. The number of carbonyl (C=O) groups is 2. The van der Waals surface area contributed by atoms with Crippen molar-refractivity contribution < 1.29 is 18.7 Å². The molecule has 0 aliphatic heterocycles. The highest BCUT2D eigenvalue weighted by Gasteiger charge is 2.25. The highest BCUT2D eigenvalue weighted by atomic mass is 19.1. The number of hydrogen-bond acceptors (Lipinski definition) is 3. The van der Waals surface area contributed by atoms with Gasteiger partial charge < -0.3 is 15.4 Å². The van der Waals surface area contributed by atoms with Gasteiger partial charge in [0.25, 0.3) is 5.91 Å². The van der Waals surface area contributed by atoms with E-state index >= 15 is 0 Å². The Bertz CT molecular complexity index is 760. The second kappa shape index (κ2) is 8.99. The van der Waals surface area contributed by atoms with Crippen LogP contribution in [0.4, 0.5) is 10.1 Å². The lowest BCUT2D eigenvalue weighted by molar-refractivity contribution is -0.118. The van der Waals surface area contributed by atoms with Crippen LogP contribution in [0.15, 0.2) is 48.5 Å². The quantitative estimate of drug-likeness (QED) is 0.794. The van der Waals surface area contributed by atoms with Crippen molar-refractivity contribution in [2.75, 3.05) is 11.9 Å². The van der Waals surface area contributed by atoms with Crippen molar-refractivity contribution in [3.8, 4) is 5.75 Å². The Balaban J connectivity index is 2.06. The molecule has 0 heterocycles. The maximum atomic E-state index is 13.3. The van der Waals surface area contributed by atoms with E-state index in [9.17, 15) is 14.0 Å². The lowest BCUT2D eigenvalue weighted by atomic mass is 10.0. The third kappa shape index (κ3) is 5.31. The van der Waals surface area contributed by atoms with Crippen molar-refractivity contribution in [1.29, 1.82) is 0 Å². The Hall–Kier alpha value is -2.89. The van der Waals surface area contributed by atoms with Crippen LogP contribution in [0.5, 0.6) is 5.75 Å². The maximum absolute atomic E-state index is 13.3. The molecule has 0 aliphatic rings. The first kappa shape index (κ1) is 19.4. The molecule has 0 spiro atoms. The van der Waals surface area contributed by atoms with E-state index in [2.05, 4.69) is 10.6 Å². The number of ether oxygens (including phenoxy) is 1. The summed E-state index contributed by atoms with van der Waals surface area (Å²) in [7, 11) is 0. The molecule has 6 heteroatoms. The molecule has 2 aromatic rings. The minimum absolute atomic E-state index is 0.143. The van der Waals surface area contributed by atoms with Gasteiger partial charge in [0.05, 0.1) is 6.61 Å². The van der Waals surface area contributed by atoms with Crippen LogP contribution in [0.2, 0.25) is 0 Å². The zero-order valence-electron chi connectivity index (χ0n) is 15.1. The Morgan fingerprint density at radius 1 is 1.12 bits per heavy atom. The summed E-state index contributed by atoms with van der Waals surface area (Å²) in [5, 5.41) is 5.37. The smallest absolute Gasteiger partial charge is 0.251 e. The zero-order chi connectivity index (χ0) is 19.1. The van der Waals surface area contributed by atoms with E-state index in [1.165, 1.54) is 18.2 Å². The zero-order valence-corrected chi connectivity index (χ0v) is 15.1. The molecular formula is C20H23FN2O3. The summed E-state index contributed by atoms with van der Waals surface area (Å²) < 4.78 is 18.6. The molecule has 2 N–H and O–H groups in total. The van der Waals surface area contributed by atoms with Crippen molar-refractivity contribution in [3.63, 3.8) is 0 Å². The van der Waals surface area contributed by atoms with Gasteiger partial charge in [0.1, 0.15) is 17.6 Å². The van der Waals surface area contributed by atoms with E-state index in [1.54, 1.807) is 30.3 Å². The fourth-order valence-electron chi connectivity index (χ4n) is 2.41. The summed E-state index contributed by atoms with van der Waals surface area (Å²) in [6.07, 6.45) is 0. The first-order valence-electron chi connectivity index (χ1n) is 8.51. The molecule has 0 aliphatic carbocycles. The van der Waals surface area contributed by atoms with Crippen molar-refractivity contribution in [3.05, 3.63) is 59.9 Å². The van der Waals surface area contributed by atoms with E-state index in [1.807, 2.05) is 20.8 Å². The van der Waals surface area contributed by atoms with Gasteiger partial charge >= 0.3 is 0 Å². The average molecular weight is 358 g/mol. The predicted octanol–water partition coefficient (Wildman–Crippen LogP) is 3.62. The number of halogens is 1. The fourth-order valence-corrected chi connectivity index (χ4v) is 2.41. The summed E-state index contributed by atoms with van der Waals surface area (Å²) in [6, 6.07) is 11.6. The Morgan fingerprint density at radius 3 is 2.38 bits per heavy atom. The minimum Gasteiger partial charge on any atom is -0.494 e. The summed E-state index contributed by atoms with van der Waals surface area (Å²) in [5.41, 5.74) is 0.772. The van der Waals surface area contributed by atoms with Gasteiger partial charge in [0.15, 0.2) is 0 Å². The molecule has 0 saturated carbocycles. The van der Waals surface area contributed by atoms with E-state index in [0.717, 1.165) is 0 Å². The first-order valence-corrected chi connectivity index (χ1v) is 8.51. The summed E-state index contributed by atoms with van der Waals surface area (Å²) in [4.78, 5) is 25.0. The van der Waals surface area contributed by atoms with E-state index in [-0.39, 0.29) is 11.8 Å². The van der Waals surface area contributed by atoms with Gasteiger partial charge in [-0.2, -0.15) is 0 Å². The van der Waals surface area contributed by atoms with Gasteiger partial charge in [-0.1, -0.05) is 19.9 Å². The monoisotopic (exact) mass is 358 g/mol. The maximum Gasteiger partial charge on any atom is 0.251 e. The molecule has 0 aromatic heterocycles. The van der Waals surface area contributed by atoms with Gasteiger partial charge in [-0.3, -0.25) is 9.59 Å². The molecule has 1 atom stereocenters. The first-order chi connectivity index (χ1) is 12.4.